The molecule has 0 aliphatic heterocycles. The monoisotopic (exact) mass is 249 g/mol. The molecule has 1 N–H and O–H groups in total. The molecule has 1 aromatic rings. The van der Waals surface area contributed by atoms with Crippen LogP contribution in [0.1, 0.15) is 49.7 Å². The van der Waals surface area contributed by atoms with E-state index in [1.165, 1.54) is 38.5 Å². The second-order valence-corrected chi connectivity index (χ2v) is 5.56. The van der Waals surface area contributed by atoms with E-state index >= 15 is 0 Å². The van der Waals surface area contributed by atoms with E-state index in [9.17, 15) is 4.39 Å². The van der Waals surface area contributed by atoms with Crippen LogP contribution in [-0.4, -0.2) is 6.54 Å². The average Bonchev–Trinajstić information content (AvgIpc) is 2.40. The van der Waals surface area contributed by atoms with Crippen molar-refractivity contribution in [2.75, 3.05) is 6.54 Å². The van der Waals surface area contributed by atoms with Gasteiger partial charge in [-0.3, -0.25) is 0 Å². The van der Waals surface area contributed by atoms with E-state index in [1.54, 1.807) is 6.07 Å². The smallest absolute Gasteiger partial charge is 0.127 e. The predicted octanol–water partition coefficient (Wildman–Crippen LogP) is 4.19. The van der Waals surface area contributed by atoms with Crippen LogP contribution in [0, 0.1) is 18.7 Å². The summed E-state index contributed by atoms with van der Waals surface area (Å²) in [6.45, 7) is 3.67. The lowest BCUT2D eigenvalue weighted by Gasteiger charge is -2.21. The summed E-state index contributed by atoms with van der Waals surface area (Å²) < 4.78 is 13.5. The highest BCUT2D eigenvalue weighted by molar-refractivity contribution is 5.23. The lowest BCUT2D eigenvalue weighted by molar-refractivity contribution is 0.333. The zero-order valence-corrected chi connectivity index (χ0v) is 11.3. The molecule has 0 bridgehead atoms. The van der Waals surface area contributed by atoms with Crippen LogP contribution in [0.2, 0.25) is 0 Å². The Kier molecular flexibility index (Phi) is 5.18. The van der Waals surface area contributed by atoms with Gasteiger partial charge in [0.25, 0.3) is 0 Å². The zero-order valence-electron chi connectivity index (χ0n) is 11.3. The van der Waals surface area contributed by atoms with Gasteiger partial charge in [0.15, 0.2) is 0 Å². The quantitative estimate of drug-likeness (QED) is 0.771. The Bertz CT molecular complexity index is 369. The highest BCUT2D eigenvalue weighted by atomic mass is 19.1. The van der Waals surface area contributed by atoms with Gasteiger partial charge < -0.3 is 5.32 Å². The van der Waals surface area contributed by atoms with Gasteiger partial charge in [0.1, 0.15) is 5.82 Å². The molecule has 1 aliphatic rings. The number of aryl methyl sites for hydroxylation is 1. The van der Waals surface area contributed by atoms with Crippen molar-refractivity contribution < 1.29 is 4.39 Å². The van der Waals surface area contributed by atoms with E-state index in [0.29, 0.717) is 6.54 Å². The number of benzene rings is 1. The van der Waals surface area contributed by atoms with Gasteiger partial charge in [0.2, 0.25) is 0 Å². The summed E-state index contributed by atoms with van der Waals surface area (Å²) in [5.41, 5.74) is 1.92. The Hall–Kier alpha value is -0.890. The van der Waals surface area contributed by atoms with Crippen molar-refractivity contribution in [1.82, 2.24) is 5.32 Å². The molecule has 0 aromatic heterocycles. The molecular weight excluding hydrogens is 225 g/mol. The minimum absolute atomic E-state index is 0.0919. The SMILES string of the molecule is Cc1ccc(F)c(CNCCC2CCCCC2)c1. The van der Waals surface area contributed by atoms with Crippen LogP contribution in [0.4, 0.5) is 4.39 Å². The molecule has 18 heavy (non-hydrogen) atoms. The fourth-order valence-electron chi connectivity index (χ4n) is 2.84. The van der Waals surface area contributed by atoms with Gasteiger partial charge in [-0.15, -0.1) is 0 Å². The van der Waals surface area contributed by atoms with Gasteiger partial charge in [-0.05, 0) is 31.9 Å². The van der Waals surface area contributed by atoms with Gasteiger partial charge >= 0.3 is 0 Å². The molecule has 0 heterocycles. The standard InChI is InChI=1S/C16H24FN/c1-13-7-8-16(17)15(11-13)12-18-10-9-14-5-3-2-4-6-14/h7-8,11,14,18H,2-6,9-10,12H2,1H3. The molecule has 0 radical (unpaired) electrons. The molecule has 2 rings (SSSR count). The normalized spacial score (nSPS) is 17.0. The van der Waals surface area contributed by atoms with Crippen LogP contribution in [-0.2, 0) is 6.54 Å². The summed E-state index contributed by atoms with van der Waals surface area (Å²) in [5.74, 6) is 0.805. The topological polar surface area (TPSA) is 12.0 Å². The van der Waals surface area contributed by atoms with Gasteiger partial charge in [-0.2, -0.15) is 0 Å². The molecule has 0 amide bonds. The van der Waals surface area contributed by atoms with Gasteiger partial charge in [-0.1, -0.05) is 49.8 Å². The molecule has 1 saturated carbocycles. The second-order valence-electron chi connectivity index (χ2n) is 5.56. The van der Waals surface area contributed by atoms with E-state index in [-0.39, 0.29) is 5.82 Å². The average molecular weight is 249 g/mol. The summed E-state index contributed by atoms with van der Waals surface area (Å²) in [6.07, 6.45) is 8.24. The van der Waals surface area contributed by atoms with Gasteiger partial charge in [0.05, 0.1) is 0 Å². The number of halogens is 1. The zero-order chi connectivity index (χ0) is 12.8. The highest BCUT2D eigenvalue weighted by Crippen LogP contribution is 2.25. The highest BCUT2D eigenvalue weighted by Gasteiger charge is 2.12. The van der Waals surface area contributed by atoms with Crippen molar-refractivity contribution in [3.63, 3.8) is 0 Å². The lowest BCUT2D eigenvalue weighted by Crippen LogP contribution is -2.19. The molecule has 100 valence electrons. The molecular formula is C16H24FN. The number of rotatable bonds is 5. The first kappa shape index (κ1) is 13.5. The molecule has 1 aliphatic carbocycles. The molecule has 0 unspecified atom stereocenters. The lowest BCUT2D eigenvalue weighted by atomic mass is 9.87. The van der Waals surface area contributed by atoms with Crippen LogP contribution < -0.4 is 5.32 Å². The van der Waals surface area contributed by atoms with Crippen molar-refractivity contribution in [1.29, 1.82) is 0 Å². The van der Waals surface area contributed by atoms with E-state index in [2.05, 4.69) is 5.32 Å². The van der Waals surface area contributed by atoms with Gasteiger partial charge in [-0.25, -0.2) is 4.39 Å². The molecule has 1 fully saturated rings. The summed E-state index contributed by atoms with van der Waals surface area (Å²) in [6, 6.07) is 5.32. The molecule has 2 heteroatoms. The third-order valence-corrected chi connectivity index (χ3v) is 3.97. The van der Waals surface area contributed by atoms with Crippen molar-refractivity contribution in [3.8, 4) is 0 Å². The molecule has 0 saturated heterocycles. The predicted molar refractivity (Wildman–Crippen MR) is 74.0 cm³/mol. The van der Waals surface area contributed by atoms with Gasteiger partial charge in [0, 0.05) is 12.1 Å². The van der Waals surface area contributed by atoms with E-state index < -0.39 is 0 Å². The summed E-state index contributed by atoms with van der Waals surface area (Å²) in [4.78, 5) is 0. The molecule has 0 spiro atoms. The third-order valence-electron chi connectivity index (χ3n) is 3.97. The Balaban J connectivity index is 1.69. The van der Waals surface area contributed by atoms with Crippen molar-refractivity contribution in [2.24, 2.45) is 5.92 Å². The van der Waals surface area contributed by atoms with Crippen molar-refractivity contribution >= 4 is 0 Å². The third kappa shape index (κ3) is 4.09. The van der Waals surface area contributed by atoms with Crippen LogP contribution in [0.25, 0.3) is 0 Å². The van der Waals surface area contributed by atoms with Crippen LogP contribution >= 0.6 is 0 Å². The number of hydrogen-bond acceptors (Lipinski definition) is 1. The van der Waals surface area contributed by atoms with Crippen molar-refractivity contribution in [3.05, 3.63) is 35.1 Å². The van der Waals surface area contributed by atoms with Crippen LogP contribution in [0.3, 0.4) is 0 Å². The molecule has 1 nitrogen and oxygen atoms in total. The first-order valence-corrected chi connectivity index (χ1v) is 7.21. The number of nitrogens with one attached hydrogen (secondary N) is 1. The first-order chi connectivity index (χ1) is 8.75. The second kappa shape index (κ2) is 6.89. The minimum atomic E-state index is -0.0919. The molecule has 0 atom stereocenters. The van der Waals surface area contributed by atoms with Crippen LogP contribution in [0.15, 0.2) is 18.2 Å². The summed E-state index contributed by atoms with van der Waals surface area (Å²) in [5, 5.41) is 3.38. The van der Waals surface area contributed by atoms with Crippen molar-refractivity contribution in [2.45, 2.75) is 52.0 Å². The van der Waals surface area contributed by atoms with E-state index in [1.807, 2.05) is 19.1 Å². The summed E-state index contributed by atoms with van der Waals surface area (Å²) >= 11 is 0. The van der Waals surface area contributed by atoms with E-state index in [0.717, 1.165) is 23.6 Å². The van der Waals surface area contributed by atoms with E-state index in [4.69, 9.17) is 0 Å². The maximum atomic E-state index is 13.5. The fourth-order valence-corrected chi connectivity index (χ4v) is 2.84. The largest absolute Gasteiger partial charge is 0.313 e. The minimum Gasteiger partial charge on any atom is -0.313 e. The Morgan fingerprint density at radius 2 is 2.00 bits per heavy atom. The Labute approximate surface area is 110 Å². The molecule has 1 aromatic carbocycles. The Morgan fingerprint density at radius 3 is 2.78 bits per heavy atom. The van der Waals surface area contributed by atoms with Crippen LogP contribution in [0.5, 0.6) is 0 Å². The number of hydrogen-bond donors (Lipinski definition) is 1. The fraction of sp³-hybridized carbons (Fsp3) is 0.625. The maximum absolute atomic E-state index is 13.5. The Morgan fingerprint density at radius 1 is 1.22 bits per heavy atom. The maximum Gasteiger partial charge on any atom is 0.127 e. The summed E-state index contributed by atoms with van der Waals surface area (Å²) in [7, 11) is 0. The first-order valence-electron chi connectivity index (χ1n) is 7.21.